The third-order valence-corrected chi connectivity index (χ3v) is 3.80. The van der Waals surface area contributed by atoms with Crippen molar-refractivity contribution >= 4 is 16.9 Å². The number of H-pyrrole nitrogens is 2. The van der Waals surface area contributed by atoms with Crippen LogP contribution in [0.5, 0.6) is 0 Å². The van der Waals surface area contributed by atoms with E-state index in [4.69, 9.17) is 4.74 Å². The number of ether oxygens (including phenoxy) is 1. The average Bonchev–Trinajstić information content (AvgIpc) is 3.19. The SMILES string of the molecule is COC(=O)c1cn(-c2ccc3cc[nH]c3c2)cc2c(=O)[nH]nc1-2. The molecule has 23 heavy (non-hydrogen) atoms. The lowest BCUT2D eigenvalue weighted by Crippen LogP contribution is -2.11. The molecule has 114 valence electrons. The Kier molecular flexibility index (Phi) is 2.80. The molecule has 0 aliphatic carbocycles. The van der Waals surface area contributed by atoms with Crippen LogP contribution in [-0.4, -0.2) is 32.8 Å². The van der Waals surface area contributed by atoms with Crippen LogP contribution < -0.4 is 5.56 Å². The summed E-state index contributed by atoms with van der Waals surface area (Å²) in [6.45, 7) is 0. The van der Waals surface area contributed by atoms with Crippen molar-refractivity contribution in [2.75, 3.05) is 7.11 Å². The molecule has 3 heterocycles. The largest absolute Gasteiger partial charge is 0.465 e. The Morgan fingerprint density at radius 2 is 2.13 bits per heavy atom. The van der Waals surface area contributed by atoms with Crippen molar-refractivity contribution in [2.45, 2.75) is 0 Å². The highest BCUT2D eigenvalue weighted by atomic mass is 16.5. The number of rotatable bonds is 2. The second-order valence-electron chi connectivity index (χ2n) is 5.13. The molecule has 0 radical (unpaired) electrons. The van der Waals surface area contributed by atoms with Gasteiger partial charge in [-0.3, -0.25) is 4.79 Å². The van der Waals surface area contributed by atoms with Crippen LogP contribution in [0.4, 0.5) is 0 Å². The van der Waals surface area contributed by atoms with Crippen molar-refractivity contribution in [3.8, 4) is 16.9 Å². The Hall–Kier alpha value is -3.35. The molecule has 7 nitrogen and oxygen atoms in total. The van der Waals surface area contributed by atoms with Gasteiger partial charge in [0.15, 0.2) is 0 Å². The predicted molar refractivity (Wildman–Crippen MR) is 84.0 cm³/mol. The van der Waals surface area contributed by atoms with E-state index in [0.29, 0.717) is 11.3 Å². The van der Waals surface area contributed by atoms with Crippen LogP contribution in [0.25, 0.3) is 27.8 Å². The van der Waals surface area contributed by atoms with E-state index in [-0.39, 0.29) is 11.1 Å². The second kappa shape index (κ2) is 4.84. The van der Waals surface area contributed by atoms with Crippen molar-refractivity contribution in [3.05, 3.63) is 58.8 Å². The van der Waals surface area contributed by atoms with Crippen LogP contribution in [-0.2, 0) is 4.74 Å². The third-order valence-electron chi connectivity index (χ3n) is 3.80. The highest BCUT2D eigenvalue weighted by molar-refractivity contribution is 5.96. The molecule has 0 bridgehead atoms. The Morgan fingerprint density at radius 1 is 1.26 bits per heavy atom. The van der Waals surface area contributed by atoms with Gasteiger partial charge in [0.2, 0.25) is 0 Å². The Bertz CT molecular complexity index is 1060. The Labute approximate surface area is 129 Å². The number of hydrogen-bond acceptors (Lipinski definition) is 4. The zero-order valence-electron chi connectivity index (χ0n) is 12.2. The number of hydrogen-bond donors (Lipinski definition) is 2. The quantitative estimate of drug-likeness (QED) is 0.553. The van der Waals surface area contributed by atoms with Crippen LogP contribution in [0.1, 0.15) is 10.4 Å². The van der Waals surface area contributed by atoms with Crippen molar-refractivity contribution < 1.29 is 9.53 Å². The van der Waals surface area contributed by atoms with Gasteiger partial charge in [0.05, 0.1) is 12.7 Å². The van der Waals surface area contributed by atoms with E-state index in [2.05, 4.69) is 15.2 Å². The summed E-state index contributed by atoms with van der Waals surface area (Å²) in [5.74, 6) is -0.545. The summed E-state index contributed by atoms with van der Waals surface area (Å²) >= 11 is 0. The van der Waals surface area contributed by atoms with Gasteiger partial charge in [-0.25, -0.2) is 9.89 Å². The Balaban J connectivity index is 1.98. The smallest absolute Gasteiger partial charge is 0.341 e. The first-order chi connectivity index (χ1) is 11.2. The van der Waals surface area contributed by atoms with Gasteiger partial charge in [-0.2, -0.15) is 5.10 Å². The second-order valence-corrected chi connectivity index (χ2v) is 5.13. The molecular weight excluding hydrogens is 296 g/mol. The van der Waals surface area contributed by atoms with E-state index in [1.807, 2.05) is 30.5 Å². The number of carbonyl (C=O) groups excluding carboxylic acids is 1. The maximum absolute atomic E-state index is 12.0. The summed E-state index contributed by atoms with van der Waals surface area (Å²) in [6.07, 6.45) is 5.12. The summed E-state index contributed by atoms with van der Waals surface area (Å²) < 4.78 is 6.50. The van der Waals surface area contributed by atoms with Gasteiger partial charge < -0.3 is 14.3 Å². The topological polar surface area (TPSA) is 92.8 Å². The van der Waals surface area contributed by atoms with Gasteiger partial charge in [-0.05, 0) is 23.6 Å². The molecule has 0 saturated heterocycles. The molecule has 0 amide bonds. The number of esters is 1. The average molecular weight is 308 g/mol. The molecule has 7 heteroatoms. The molecule has 4 rings (SSSR count). The summed E-state index contributed by atoms with van der Waals surface area (Å²) in [5, 5.41) is 7.35. The first kappa shape index (κ1) is 13.3. The maximum atomic E-state index is 12.0. The standard InChI is InChI=1S/C16H12N4O3/c1-23-16(22)12-8-20(7-11-14(12)18-19-15(11)21)10-3-2-9-4-5-17-13(9)6-10/h2-8,17H,1H3,(H,19,21). The van der Waals surface area contributed by atoms with Crippen LogP contribution in [0.15, 0.2) is 47.7 Å². The number of nitrogens with zero attached hydrogens (tertiary/aromatic N) is 2. The maximum Gasteiger partial charge on any atom is 0.341 e. The minimum Gasteiger partial charge on any atom is -0.465 e. The van der Waals surface area contributed by atoms with Gasteiger partial charge >= 0.3 is 5.97 Å². The lowest BCUT2D eigenvalue weighted by molar-refractivity contribution is 0.0600. The highest BCUT2D eigenvalue weighted by Gasteiger charge is 2.22. The number of nitrogens with one attached hydrogen (secondary N) is 2. The highest BCUT2D eigenvalue weighted by Crippen LogP contribution is 2.24. The summed E-state index contributed by atoms with van der Waals surface area (Å²) in [7, 11) is 1.29. The minimum atomic E-state index is -0.545. The van der Waals surface area contributed by atoms with E-state index in [0.717, 1.165) is 16.6 Å². The molecule has 2 N–H and O–H groups in total. The number of aromatic amines is 2. The van der Waals surface area contributed by atoms with Crippen LogP contribution >= 0.6 is 0 Å². The molecule has 2 aliphatic heterocycles. The van der Waals surface area contributed by atoms with E-state index >= 15 is 0 Å². The number of fused-ring (bicyclic) bond motifs is 2. The monoisotopic (exact) mass is 308 g/mol. The van der Waals surface area contributed by atoms with Crippen molar-refractivity contribution in [2.24, 2.45) is 0 Å². The fraction of sp³-hybridized carbons (Fsp3) is 0.0625. The molecule has 0 unspecified atom stereocenters. The zero-order valence-corrected chi connectivity index (χ0v) is 12.2. The van der Waals surface area contributed by atoms with Crippen LogP contribution in [0, 0.1) is 0 Å². The van der Waals surface area contributed by atoms with Gasteiger partial charge in [-0.15, -0.1) is 0 Å². The van der Waals surface area contributed by atoms with Gasteiger partial charge in [0.25, 0.3) is 5.56 Å². The number of aromatic nitrogens is 4. The third kappa shape index (κ3) is 2.02. The number of carbonyl (C=O) groups is 1. The molecule has 2 aromatic rings. The first-order valence-electron chi connectivity index (χ1n) is 6.93. The van der Waals surface area contributed by atoms with E-state index in [9.17, 15) is 9.59 Å². The van der Waals surface area contributed by atoms with E-state index < -0.39 is 5.97 Å². The number of pyridine rings is 1. The fourth-order valence-electron chi connectivity index (χ4n) is 2.64. The lowest BCUT2D eigenvalue weighted by atomic mass is 10.1. The molecule has 0 spiro atoms. The van der Waals surface area contributed by atoms with Gasteiger partial charge in [-0.1, -0.05) is 6.07 Å². The first-order valence-corrected chi connectivity index (χ1v) is 6.93. The minimum absolute atomic E-state index is 0.231. The van der Waals surface area contributed by atoms with Crippen molar-refractivity contribution in [1.82, 2.24) is 19.7 Å². The molecule has 1 aromatic heterocycles. The van der Waals surface area contributed by atoms with Crippen molar-refractivity contribution in [1.29, 1.82) is 0 Å². The lowest BCUT2D eigenvalue weighted by Gasteiger charge is -2.12. The van der Waals surface area contributed by atoms with E-state index in [1.165, 1.54) is 7.11 Å². The van der Waals surface area contributed by atoms with Gasteiger partial charge in [0.1, 0.15) is 11.3 Å². The van der Waals surface area contributed by atoms with Crippen LogP contribution in [0.3, 0.4) is 0 Å². The molecule has 1 aromatic carbocycles. The molecule has 2 aliphatic rings. The zero-order chi connectivity index (χ0) is 16.0. The van der Waals surface area contributed by atoms with Crippen LogP contribution in [0.2, 0.25) is 0 Å². The summed E-state index contributed by atoms with van der Waals surface area (Å²) in [6, 6.07) is 7.78. The molecule has 0 fully saturated rings. The van der Waals surface area contributed by atoms with E-state index in [1.54, 1.807) is 17.0 Å². The predicted octanol–water partition coefficient (Wildman–Crippen LogP) is 1.93. The summed E-state index contributed by atoms with van der Waals surface area (Å²) in [4.78, 5) is 27.0. The van der Waals surface area contributed by atoms with Gasteiger partial charge in [0, 0.05) is 29.8 Å². The molecule has 0 atom stereocenters. The normalized spacial score (nSPS) is 11.2. The molecular formula is C16H12N4O3. The molecule has 0 saturated carbocycles. The van der Waals surface area contributed by atoms with Crippen molar-refractivity contribution in [3.63, 3.8) is 0 Å². The number of methoxy groups -OCH3 is 1. The number of benzene rings is 1. The summed E-state index contributed by atoms with van der Waals surface area (Å²) in [5.41, 5.74) is 2.30. The fourth-order valence-corrected chi connectivity index (χ4v) is 2.64. The Morgan fingerprint density at radius 3 is 2.96 bits per heavy atom.